The fourth-order valence-electron chi connectivity index (χ4n) is 9.08. The Morgan fingerprint density at radius 1 is 1.07 bits per heavy atom. The molecule has 0 saturated carbocycles. The van der Waals surface area contributed by atoms with Gasteiger partial charge in [0.25, 0.3) is 5.91 Å². The third-order valence-electron chi connectivity index (χ3n) is 11.5. The molecule has 1 unspecified atom stereocenters. The van der Waals surface area contributed by atoms with Crippen LogP contribution in [0.15, 0.2) is 66.9 Å². The molecule has 1 saturated heterocycles. The number of carbonyl (C=O) groups excluding carboxylic acids is 2. The van der Waals surface area contributed by atoms with Crippen molar-refractivity contribution in [3.8, 4) is 5.75 Å². The van der Waals surface area contributed by atoms with Crippen LogP contribution in [-0.2, 0) is 45.9 Å². The van der Waals surface area contributed by atoms with Gasteiger partial charge in [0.05, 0.1) is 42.4 Å². The lowest BCUT2D eigenvalue weighted by molar-refractivity contribution is -0.146. The molecule has 0 aliphatic carbocycles. The van der Waals surface area contributed by atoms with E-state index in [0.717, 1.165) is 29.0 Å². The quantitative estimate of drug-likeness (QED) is 0.0682. The van der Waals surface area contributed by atoms with Crippen molar-refractivity contribution in [2.24, 2.45) is 5.92 Å². The highest BCUT2D eigenvalue weighted by Crippen LogP contribution is 2.60. The molecule has 57 heavy (non-hydrogen) atoms. The Morgan fingerprint density at radius 3 is 2.63 bits per heavy atom. The zero-order valence-electron chi connectivity index (χ0n) is 33.0. The maximum absolute atomic E-state index is 16.4. The lowest BCUT2D eigenvalue weighted by atomic mass is 9.82. The van der Waals surface area contributed by atoms with Gasteiger partial charge < -0.3 is 34.0 Å². The molecule has 4 heterocycles. The Hall–Kier alpha value is -4.18. The molecule has 1 aromatic heterocycles. The van der Waals surface area contributed by atoms with Crippen molar-refractivity contribution in [3.05, 3.63) is 94.3 Å². The van der Waals surface area contributed by atoms with Crippen LogP contribution in [0.5, 0.6) is 5.75 Å². The van der Waals surface area contributed by atoms with Gasteiger partial charge in [0.2, 0.25) is 14.3 Å². The number of rotatable bonds is 16. The molecule has 1 spiro atoms. The maximum atomic E-state index is 16.4. The van der Waals surface area contributed by atoms with E-state index < -0.39 is 37.6 Å². The van der Waals surface area contributed by atoms with Crippen molar-refractivity contribution < 1.29 is 33.4 Å². The second kappa shape index (κ2) is 17.0. The second-order valence-electron chi connectivity index (χ2n) is 15.8. The van der Waals surface area contributed by atoms with E-state index in [1.54, 1.807) is 45.9 Å². The van der Waals surface area contributed by atoms with Crippen LogP contribution in [0.3, 0.4) is 0 Å². The normalized spacial score (nSPS) is 23.1. The summed E-state index contributed by atoms with van der Waals surface area (Å²) in [5, 5.41) is 30.8. The Bertz CT molecular complexity index is 2100. The maximum Gasteiger partial charge on any atom is 0.264 e. The number of hydrogen-bond donors (Lipinski definition) is 3. The highest BCUT2D eigenvalue weighted by atomic mass is 35.5. The zero-order chi connectivity index (χ0) is 40.5. The summed E-state index contributed by atoms with van der Waals surface area (Å²) in [7, 11) is -3.41. The third-order valence-corrected chi connectivity index (χ3v) is 14.2. The molecule has 3 aliphatic rings. The molecule has 0 radical (unpaired) electrons. The first-order valence-corrected chi connectivity index (χ1v) is 23.2. The number of hydrogen-bond acceptors (Lipinski definition) is 9. The minimum atomic E-state index is -3.41. The van der Waals surface area contributed by atoms with E-state index in [2.05, 4.69) is 15.6 Å². The number of aromatic nitrogens is 3. The number of anilines is 3. The first-order chi connectivity index (χ1) is 27.4. The molecular formula is C42H52ClFN6O6Si. The lowest BCUT2D eigenvalue weighted by Gasteiger charge is -2.35. The van der Waals surface area contributed by atoms with Crippen LogP contribution in [0.1, 0.15) is 55.5 Å². The summed E-state index contributed by atoms with van der Waals surface area (Å²) in [6.07, 6.45) is 3.88. The summed E-state index contributed by atoms with van der Waals surface area (Å²) in [5.41, 5.74) is 3.17. The summed E-state index contributed by atoms with van der Waals surface area (Å²) < 4.78 is 30.8. The largest absolute Gasteiger partial charge is 0.494 e. The molecule has 3 N–H and O–H groups in total. The van der Waals surface area contributed by atoms with Gasteiger partial charge in [0.15, 0.2) is 5.60 Å². The molecule has 15 heteroatoms. The number of nitrogens with one attached hydrogen (secondary N) is 1. The highest BCUT2D eigenvalue weighted by Gasteiger charge is 2.66. The molecule has 0 bridgehead atoms. The predicted molar refractivity (Wildman–Crippen MR) is 219 cm³/mol. The molecule has 3 aliphatic heterocycles. The molecule has 304 valence electrons. The average molecular weight is 819 g/mol. The number of fused-ring (bicyclic) bond motifs is 3. The van der Waals surface area contributed by atoms with Crippen molar-refractivity contribution in [2.45, 2.75) is 95.4 Å². The Morgan fingerprint density at radius 2 is 1.88 bits per heavy atom. The first-order valence-electron chi connectivity index (χ1n) is 19.9. The van der Waals surface area contributed by atoms with E-state index in [4.69, 9.17) is 21.1 Å². The van der Waals surface area contributed by atoms with Gasteiger partial charge in [-0.3, -0.25) is 19.2 Å². The van der Waals surface area contributed by atoms with Gasteiger partial charge in [0, 0.05) is 60.1 Å². The minimum Gasteiger partial charge on any atom is -0.494 e. The van der Waals surface area contributed by atoms with E-state index in [1.165, 1.54) is 0 Å². The second-order valence-corrected chi connectivity index (χ2v) is 20.0. The van der Waals surface area contributed by atoms with Gasteiger partial charge in [-0.05, 0) is 112 Å². The molecule has 1 fully saturated rings. The van der Waals surface area contributed by atoms with Crippen LogP contribution in [0.2, 0.25) is 23.7 Å². The summed E-state index contributed by atoms with van der Waals surface area (Å²) in [6, 6.07) is 18.3. The van der Waals surface area contributed by atoms with E-state index in [0.29, 0.717) is 73.0 Å². The van der Waals surface area contributed by atoms with E-state index in [1.807, 2.05) is 62.4 Å². The van der Waals surface area contributed by atoms with Crippen molar-refractivity contribution in [1.29, 1.82) is 0 Å². The minimum absolute atomic E-state index is 0.0379. The SMILES string of the molecule is CCOc1ccc2c(c1)CC(NCCCCO)C(=O)N2c1cccc(CN2C(=O)[C@@]3(O[C@@H](CCn4cc(CCO)nn4)[C@H]([Si](C)(C)F)[C@H]3C)c3cc(Cl)ccc32)c1. The molecule has 5 atom stereocenters. The summed E-state index contributed by atoms with van der Waals surface area (Å²) in [4.78, 5) is 32.7. The third kappa shape index (κ3) is 8.00. The predicted octanol–water partition coefficient (Wildman–Crippen LogP) is 6.23. The van der Waals surface area contributed by atoms with Crippen LogP contribution in [-0.4, -0.2) is 83.9 Å². The van der Waals surface area contributed by atoms with E-state index in [-0.39, 0.29) is 31.6 Å². The number of aliphatic hydroxyl groups is 2. The number of amides is 2. The van der Waals surface area contributed by atoms with Gasteiger partial charge in [-0.1, -0.05) is 35.9 Å². The lowest BCUT2D eigenvalue weighted by Crippen LogP contribution is -2.49. The molecule has 7 rings (SSSR count). The summed E-state index contributed by atoms with van der Waals surface area (Å²) in [6.45, 7) is 8.95. The number of unbranched alkanes of at least 4 members (excludes halogenated alkanes) is 1. The number of nitrogens with zero attached hydrogens (tertiary/aromatic N) is 5. The molecular weight excluding hydrogens is 767 g/mol. The topological polar surface area (TPSA) is 142 Å². The number of ether oxygens (including phenoxy) is 2. The smallest absolute Gasteiger partial charge is 0.264 e. The Labute approximate surface area is 339 Å². The van der Waals surface area contributed by atoms with Crippen LogP contribution in [0.4, 0.5) is 21.2 Å². The van der Waals surface area contributed by atoms with Gasteiger partial charge >= 0.3 is 0 Å². The Kier molecular flexibility index (Phi) is 12.2. The van der Waals surface area contributed by atoms with Gasteiger partial charge in [-0.2, -0.15) is 0 Å². The summed E-state index contributed by atoms with van der Waals surface area (Å²) >= 11 is 6.62. The number of aryl methyl sites for hydroxylation is 1. The molecule has 4 aromatic rings. The van der Waals surface area contributed by atoms with Crippen molar-refractivity contribution in [1.82, 2.24) is 20.3 Å². The first kappa shape index (κ1) is 41.0. The Balaban J connectivity index is 1.20. The van der Waals surface area contributed by atoms with Crippen molar-refractivity contribution in [2.75, 3.05) is 36.2 Å². The van der Waals surface area contributed by atoms with Gasteiger partial charge in [-0.15, -0.1) is 5.10 Å². The van der Waals surface area contributed by atoms with E-state index >= 15 is 8.90 Å². The van der Waals surface area contributed by atoms with Crippen LogP contribution >= 0.6 is 11.6 Å². The van der Waals surface area contributed by atoms with Gasteiger partial charge in [0.1, 0.15) is 5.75 Å². The number of benzene rings is 3. The van der Waals surface area contributed by atoms with Crippen LogP contribution in [0, 0.1) is 5.92 Å². The van der Waals surface area contributed by atoms with Crippen LogP contribution < -0.4 is 19.9 Å². The average Bonchev–Trinajstić information content (AvgIpc) is 3.82. The standard InChI is InChI=1S/C42H52ClFN6O6Si/c1-5-55-33-12-14-36-29(22-33)23-35(45-17-6-7-19-51)40(53)50(36)32-10-8-9-28(21-32)25-49-37-13-11-30(43)24-34(37)42(41(49)54)27(2)39(57(3,4)44)38(56-42)15-18-48-26-31(16-20-52)46-47-48/h8-14,21-22,24,26-27,35,38-39,45,51-52H,5-7,15-20,23,25H2,1-4H3/t27-,35?,38+,39-,42+/m1/s1. The fourth-order valence-corrected chi connectivity index (χ4v) is 11.8. The van der Waals surface area contributed by atoms with Crippen molar-refractivity contribution >= 4 is 48.9 Å². The zero-order valence-corrected chi connectivity index (χ0v) is 34.7. The fraction of sp³-hybridized carbons (Fsp3) is 0.476. The van der Waals surface area contributed by atoms with E-state index in [9.17, 15) is 15.0 Å². The highest BCUT2D eigenvalue weighted by molar-refractivity contribution is 6.72. The van der Waals surface area contributed by atoms with Gasteiger partial charge in [-0.25, -0.2) is 0 Å². The monoisotopic (exact) mass is 818 g/mol. The summed E-state index contributed by atoms with van der Waals surface area (Å²) in [5.74, 6) is -0.134. The number of halogens is 2. The number of carbonyl (C=O) groups is 2. The molecule has 2 amide bonds. The van der Waals surface area contributed by atoms with Crippen LogP contribution in [0.25, 0.3) is 0 Å². The van der Waals surface area contributed by atoms with Crippen molar-refractivity contribution in [3.63, 3.8) is 0 Å². The number of aliphatic hydroxyl groups excluding tert-OH is 2. The molecule has 12 nitrogen and oxygen atoms in total. The molecule has 3 aromatic carbocycles.